The summed E-state index contributed by atoms with van der Waals surface area (Å²) in [5, 5.41) is 54.4. The Morgan fingerprint density at radius 2 is 1.07 bits per heavy atom. The molecule has 9 heteroatoms. The molecule has 1 aliphatic rings. The van der Waals surface area contributed by atoms with E-state index in [0.29, 0.717) is 12.8 Å². The van der Waals surface area contributed by atoms with Crippen molar-refractivity contribution in [2.24, 2.45) is 0 Å². The summed E-state index contributed by atoms with van der Waals surface area (Å²) < 4.78 is 11.3. The predicted octanol–water partition coefficient (Wildman–Crippen LogP) is 10.2. The molecule has 0 aromatic carbocycles. The van der Waals surface area contributed by atoms with Crippen LogP contribution in [0.4, 0.5) is 0 Å². The fourth-order valence-electron chi connectivity index (χ4n) is 7.39. The molecule has 0 radical (unpaired) electrons. The smallest absolute Gasteiger partial charge is 0.220 e. The molecule has 9 nitrogen and oxygen atoms in total. The molecule has 0 aromatic heterocycles. The van der Waals surface area contributed by atoms with Crippen LogP contribution in [-0.2, 0) is 14.3 Å². The number of rotatable bonds is 39. The molecule has 1 saturated heterocycles. The van der Waals surface area contributed by atoms with Gasteiger partial charge in [0.15, 0.2) is 6.29 Å². The lowest BCUT2D eigenvalue weighted by atomic mass is 9.99. The zero-order valence-corrected chi connectivity index (χ0v) is 37.0. The van der Waals surface area contributed by atoms with Crippen LogP contribution in [0.2, 0.25) is 0 Å². The Kier molecular flexibility index (Phi) is 36.7. The van der Waals surface area contributed by atoms with Crippen LogP contribution in [0, 0.1) is 0 Å². The van der Waals surface area contributed by atoms with Crippen molar-refractivity contribution in [1.82, 2.24) is 5.32 Å². The van der Waals surface area contributed by atoms with Crippen molar-refractivity contribution in [1.29, 1.82) is 0 Å². The van der Waals surface area contributed by atoms with Crippen LogP contribution >= 0.6 is 0 Å². The average Bonchev–Trinajstić information content (AvgIpc) is 3.22. The lowest BCUT2D eigenvalue weighted by Crippen LogP contribution is -2.60. The number of hydrogen-bond donors (Lipinski definition) is 6. The SMILES string of the molecule is CC/C=C\C/C=C\C/C=C\C/C=C\CCCCCCCCC(=O)NC(COC1OC(CO)C(O)C(O)C1O)C(O)CCCCCCCCCCCCCCCCCC. The lowest BCUT2D eigenvalue weighted by molar-refractivity contribution is -0.302. The van der Waals surface area contributed by atoms with Crippen molar-refractivity contribution in [2.75, 3.05) is 13.2 Å². The number of aliphatic hydroxyl groups excluding tert-OH is 5. The van der Waals surface area contributed by atoms with Crippen molar-refractivity contribution in [2.45, 2.75) is 243 Å². The highest BCUT2D eigenvalue weighted by atomic mass is 16.7. The second kappa shape index (κ2) is 39.3. The molecule has 58 heavy (non-hydrogen) atoms. The number of amides is 1. The van der Waals surface area contributed by atoms with Gasteiger partial charge < -0.3 is 40.3 Å². The van der Waals surface area contributed by atoms with Gasteiger partial charge in [-0.25, -0.2) is 0 Å². The molecule has 0 aliphatic carbocycles. The Bertz CT molecular complexity index is 1050. The first kappa shape index (κ1) is 54.2. The van der Waals surface area contributed by atoms with Crippen LogP contribution in [0.25, 0.3) is 0 Å². The first-order valence-corrected chi connectivity index (χ1v) is 23.8. The second-order valence-corrected chi connectivity index (χ2v) is 16.5. The topological polar surface area (TPSA) is 149 Å². The highest BCUT2D eigenvalue weighted by Gasteiger charge is 2.44. The number of carbonyl (C=O) groups is 1. The van der Waals surface area contributed by atoms with Crippen molar-refractivity contribution >= 4 is 5.91 Å². The van der Waals surface area contributed by atoms with Gasteiger partial charge in [-0.1, -0.05) is 191 Å². The van der Waals surface area contributed by atoms with E-state index < -0.39 is 49.5 Å². The highest BCUT2D eigenvalue weighted by molar-refractivity contribution is 5.76. The maximum Gasteiger partial charge on any atom is 0.220 e. The first-order valence-electron chi connectivity index (χ1n) is 23.8. The van der Waals surface area contributed by atoms with Crippen LogP contribution in [0.15, 0.2) is 48.6 Å². The Balaban J connectivity index is 2.33. The van der Waals surface area contributed by atoms with Crippen LogP contribution in [-0.4, -0.2) is 87.5 Å². The molecule has 1 aliphatic heterocycles. The third-order valence-corrected chi connectivity index (χ3v) is 11.2. The summed E-state index contributed by atoms with van der Waals surface area (Å²) in [6.07, 6.45) is 42.5. The predicted molar refractivity (Wildman–Crippen MR) is 239 cm³/mol. The van der Waals surface area contributed by atoms with Gasteiger partial charge >= 0.3 is 0 Å². The molecule has 1 amide bonds. The molecule has 0 bridgehead atoms. The molecule has 0 aromatic rings. The normalized spacial score (nSPS) is 21.3. The number of carbonyl (C=O) groups excluding carboxylic acids is 1. The van der Waals surface area contributed by atoms with Gasteiger partial charge in [0.2, 0.25) is 5.91 Å². The fourth-order valence-corrected chi connectivity index (χ4v) is 7.39. The summed E-state index contributed by atoms with van der Waals surface area (Å²) in [6, 6.07) is -0.727. The number of unbranched alkanes of at least 4 members (excludes halogenated alkanes) is 21. The minimum absolute atomic E-state index is 0.145. The summed E-state index contributed by atoms with van der Waals surface area (Å²) in [7, 11) is 0. The Hall–Kier alpha value is -1.85. The molecule has 7 atom stereocenters. The molecule has 6 N–H and O–H groups in total. The molecular formula is C49H89NO8. The van der Waals surface area contributed by atoms with E-state index in [1.807, 2.05) is 0 Å². The van der Waals surface area contributed by atoms with Gasteiger partial charge in [-0.05, 0) is 51.4 Å². The van der Waals surface area contributed by atoms with E-state index in [0.717, 1.165) is 77.0 Å². The second-order valence-electron chi connectivity index (χ2n) is 16.5. The number of ether oxygens (including phenoxy) is 2. The fraction of sp³-hybridized carbons (Fsp3) is 0.816. The van der Waals surface area contributed by atoms with Crippen LogP contribution in [0.3, 0.4) is 0 Å². The van der Waals surface area contributed by atoms with Crippen LogP contribution < -0.4 is 5.32 Å². The minimum Gasteiger partial charge on any atom is -0.394 e. The largest absolute Gasteiger partial charge is 0.394 e. The molecule has 1 heterocycles. The summed E-state index contributed by atoms with van der Waals surface area (Å²) in [5.41, 5.74) is 0. The summed E-state index contributed by atoms with van der Waals surface area (Å²) >= 11 is 0. The highest BCUT2D eigenvalue weighted by Crippen LogP contribution is 2.23. The van der Waals surface area contributed by atoms with Crippen molar-refractivity contribution in [3.63, 3.8) is 0 Å². The summed E-state index contributed by atoms with van der Waals surface area (Å²) in [6.45, 7) is 3.71. The first-order chi connectivity index (χ1) is 28.3. The van der Waals surface area contributed by atoms with E-state index in [1.165, 1.54) is 96.3 Å². The van der Waals surface area contributed by atoms with Gasteiger partial charge in [-0.3, -0.25) is 4.79 Å². The van der Waals surface area contributed by atoms with E-state index in [2.05, 4.69) is 67.8 Å². The van der Waals surface area contributed by atoms with Gasteiger partial charge in [0.05, 0.1) is 25.4 Å². The van der Waals surface area contributed by atoms with E-state index in [1.54, 1.807) is 0 Å². The van der Waals surface area contributed by atoms with E-state index in [-0.39, 0.29) is 12.5 Å². The van der Waals surface area contributed by atoms with Gasteiger partial charge in [-0.15, -0.1) is 0 Å². The van der Waals surface area contributed by atoms with Gasteiger partial charge in [0, 0.05) is 6.42 Å². The quantitative estimate of drug-likeness (QED) is 0.0265. The van der Waals surface area contributed by atoms with E-state index >= 15 is 0 Å². The molecule has 338 valence electrons. The summed E-state index contributed by atoms with van der Waals surface area (Å²) in [4.78, 5) is 13.0. The number of aliphatic hydroxyl groups is 5. The maximum atomic E-state index is 13.0. The molecule has 1 fully saturated rings. The number of nitrogens with one attached hydrogen (secondary N) is 1. The zero-order chi connectivity index (χ0) is 42.3. The Morgan fingerprint density at radius 3 is 1.59 bits per heavy atom. The number of allylic oxidation sites excluding steroid dienone is 8. The molecule has 0 saturated carbocycles. The van der Waals surface area contributed by atoms with Crippen molar-refractivity contribution in [3.05, 3.63) is 48.6 Å². The molecule has 1 rings (SSSR count). The van der Waals surface area contributed by atoms with E-state index in [4.69, 9.17) is 9.47 Å². The molecule has 7 unspecified atom stereocenters. The van der Waals surface area contributed by atoms with Crippen molar-refractivity contribution in [3.8, 4) is 0 Å². The van der Waals surface area contributed by atoms with Gasteiger partial charge in [-0.2, -0.15) is 0 Å². The maximum absolute atomic E-state index is 13.0. The third kappa shape index (κ3) is 29.4. The van der Waals surface area contributed by atoms with Crippen molar-refractivity contribution < 1.29 is 39.8 Å². The van der Waals surface area contributed by atoms with Crippen LogP contribution in [0.5, 0.6) is 0 Å². The molecular weight excluding hydrogens is 731 g/mol. The summed E-state index contributed by atoms with van der Waals surface area (Å²) in [5.74, 6) is -0.159. The van der Waals surface area contributed by atoms with Gasteiger partial charge in [0.1, 0.15) is 24.4 Å². The molecule has 0 spiro atoms. The van der Waals surface area contributed by atoms with Gasteiger partial charge in [0.25, 0.3) is 0 Å². The zero-order valence-electron chi connectivity index (χ0n) is 37.0. The lowest BCUT2D eigenvalue weighted by Gasteiger charge is -2.40. The third-order valence-electron chi connectivity index (χ3n) is 11.2. The Morgan fingerprint density at radius 1 is 0.603 bits per heavy atom. The monoisotopic (exact) mass is 820 g/mol. The Labute approximate surface area is 354 Å². The average molecular weight is 820 g/mol. The minimum atomic E-state index is -1.56. The standard InChI is InChI=1S/C49H89NO8/c1-3-5-7-9-11-13-15-17-19-21-22-23-25-27-29-31-33-35-37-39-45(53)50-42(41-57-49-48(56)47(55)46(54)44(40-51)58-49)43(52)38-36-34-32-30-28-26-24-20-18-16-14-12-10-8-6-4-2/h5,7,11,13,17,19,22-23,42-44,46-49,51-52,54-56H,3-4,6,8-10,12,14-16,18,20-21,24-41H2,1-2H3,(H,50,53)/b7-5-,13-11-,19-17-,23-22-. The number of hydrogen-bond acceptors (Lipinski definition) is 8. The van der Waals surface area contributed by atoms with E-state index in [9.17, 15) is 30.3 Å². The van der Waals surface area contributed by atoms with Crippen LogP contribution in [0.1, 0.15) is 200 Å².